The highest BCUT2D eigenvalue weighted by atomic mass is 35.5. The molecule has 1 saturated heterocycles. The highest BCUT2D eigenvalue weighted by Gasteiger charge is 2.12. The van der Waals surface area contributed by atoms with E-state index in [2.05, 4.69) is 10.6 Å². The summed E-state index contributed by atoms with van der Waals surface area (Å²) in [5.74, 6) is 0. The van der Waals surface area contributed by atoms with Crippen molar-refractivity contribution in [3.8, 4) is 0 Å². The van der Waals surface area contributed by atoms with Gasteiger partial charge in [0.15, 0.2) is 0 Å². The van der Waals surface area contributed by atoms with Crippen molar-refractivity contribution in [2.75, 3.05) is 13.1 Å². The van der Waals surface area contributed by atoms with Crippen molar-refractivity contribution in [3.63, 3.8) is 0 Å². The summed E-state index contributed by atoms with van der Waals surface area (Å²) in [6.07, 6.45) is 2.36. The first kappa shape index (κ1) is 12.2. The van der Waals surface area contributed by atoms with Crippen LogP contribution in [-0.4, -0.2) is 19.1 Å². The smallest absolute Gasteiger partial charge is 0.0451 e. The van der Waals surface area contributed by atoms with Crippen molar-refractivity contribution in [2.45, 2.75) is 25.4 Å². The van der Waals surface area contributed by atoms with Crippen LogP contribution < -0.4 is 10.6 Å². The standard InChI is InChI=1S/C12H16Cl2N2/c13-10-1-2-12(14)9(7-10)8-16-11-3-5-15-6-4-11/h1-2,7,11,15-16H,3-6,8H2. The molecule has 88 valence electrons. The molecule has 1 aromatic rings. The Morgan fingerprint density at radius 3 is 2.75 bits per heavy atom. The van der Waals surface area contributed by atoms with Crippen LogP contribution in [0, 0.1) is 0 Å². The molecule has 1 fully saturated rings. The Morgan fingerprint density at radius 1 is 1.25 bits per heavy atom. The third-order valence-electron chi connectivity index (χ3n) is 2.93. The van der Waals surface area contributed by atoms with Crippen molar-refractivity contribution < 1.29 is 0 Å². The van der Waals surface area contributed by atoms with Gasteiger partial charge < -0.3 is 10.6 Å². The zero-order valence-corrected chi connectivity index (χ0v) is 10.6. The highest BCUT2D eigenvalue weighted by Crippen LogP contribution is 2.20. The Balaban J connectivity index is 1.90. The van der Waals surface area contributed by atoms with E-state index in [9.17, 15) is 0 Å². The third-order valence-corrected chi connectivity index (χ3v) is 3.53. The van der Waals surface area contributed by atoms with Gasteiger partial charge in [0.2, 0.25) is 0 Å². The maximum absolute atomic E-state index is 6.10. The fraction of sp³-hybridized carbons (Fsp3) is 0.500. The van der Waals surface area contributed by atoms with E-state index in [0.29, 0.717) is 6.04 Å². The molecule has 0 saturated carbocycles. The molecule has 1 heterocycles. The van der Waals surface area contributed by atoms with Gasteiger partial charge in [-0.3, -0.25) is 0 Å². The van der Waals surface area contributed by atoms with Crippen LogP contribution in [0.1, 0.15) is 18.4 Å². The molecule has 16 heavy (non-hydrogen) atoms. The van der Waals surface area contributed by atoms with Gasteiger partial charge in [0.1, 0.15) is 0 Å². The van der Waals surface area contributed by atoms with Crippen LogP contribution in [0.15, 0.2) is 18.2 Å². The number of halogens is 2. The Hall–Kier alpha value is -0.280. The van der Waals surface area contributed by atoms with E-state index in [4.69, 9.17) is 23.2 Å². The van der Waals surface area contributed by atoms with Crippen LogP contribution >= 0.6 is 23.2 Å². The summed E-state index contributed by atoms with van der Waals surface area (Å²) in [5, 5.41) is 8.39. The third kappa shape index (κ3) is 3.36. The molecule has 4 heteroatoms. The quantitative estimate of drug-likeness (QED) is 0.872. The maximum atomic E-state index is 6.10. The largest absolute Gasteiger partial charge is 0.317 e. The molecule has 2 rings (SSSR count). The minimum absolute atomic E-state index is 0.594. The molecule has 0 atom stereocenters. The summed E-state index contributed by atoms with van der Waals surface area (Å²) in [7, 11) is 0. The monoisotopic (exact) mass is 258 g/mol. The van der Waals surface area contributed by atoms with E-state index in [0.717, 1.165) is 35.2 Å². The fourth-order valence-electron chi connectivity index (χ4n) is 1.96. The fourth-order valence-corrected chi connectivity index (χ4v) is 2.34. The lowest BCUT2D eigenvalue weighted by Gasteiger charge is -2.24. The minimum atomic E-state index is 0.594. The Bertz CT molecular complexity index is 349. The first-order valence-corrected chi connectivity index (χ1v) is 6.39. The van der Waals surface area contributed by atoms with E-state index in [-0.39, 0.29) is 0 Å². The van der Waals surface area contributed by atoms with Gasteiger partial charge in [0.05, 0.1) is 0 Å². The van der Waals surface area contributed by atoms with Crippen molar-refractivity contribution in [3.05, 3.63) is 33.8 Å². The molecule has 2 N–H and O–H groups in total. The van der Waals surface area contributed by atoms with Gasteiger partial charge in [-0.2, -0.15) is 0 Å². The van der Waals surface area contributed by atoms with Crippen molar-refractivity contribution >= 4 is 23.2 Å². The minimum Gasteiger partial charge on any atom is -0.317 e. The highest BCUT2D eigenvalue weighted by molar-refractivity contribution is 6.33. The average Bonchev–Trinajstić information content (AvgIpc) is 2.32. The van der Waals surface area contributed by atoms with E-state index in [1.165, 1.54) is 12.8 Å². The van der Waals surface area contributed by atoms with Crippen LogP contribution in [0.5, 0.6) is 0 Å². The summed E-state index contributed by atoms with van der Waals surface area (Å²) in [6.45, 7) is 2.99. The molecule has 0 unspecified atom stereocenters. The predicted octanol–water partition coefficient (Wildman–Crippen LogP) is 2.84. The number of hydrogen-bond donors (Lipinski definition) is 2. The topological polar surface area (TPSA) is 24.1 Å². The average molecular weight is 259 g/mol. The summed E-state index contributed by atoms with van der Waals surface area (Å²) >= 11 is 12.0. The molecule has 0 aliphatic carbocycles. The normalized spacial score (nSPS) is 17.6. The van der Waals surface area contributed by atoms with E-state index in [1.54, 1.807) is 0 Å². The van der Waals surface area contributed by atoms with Gasteiger partial charge in [0.25, 0.3) is 0 Å². The number of rotatable bonds is 3. The van der Waals surface area contributed by atoms with Crippen LogP contribution in [0.4, 0.5) is 0 Å². The molecule has 1 aromatic carbocycles. The van der Waals surface area contributed by atoms with Gasteiger partial charge in [-0.25, -0.2) is 0 Å². The van der Waals surface area contributed by atoms with Crippen LogP contribution in [0.2, 0.25) is 10.0 Å². The number of benzene rings is 1. The molecule has 0 bridgehead atoms. The Morgan fingerprint density at radius 2 is 2.00 bits per heavy atom. The maximum Gasteiger partial charge on any atom is 0.0451 e. The zero-order valence-electron chi connectivity index (χ0n) is 9.10. The van der Waals surface area contributed by atoms with Crippen LogP contribution in [0.3, 0.4) is 0 Å². The molecule has 1 aliphatic heterocycles. The second-order valence-electron chi connectivity index (χ2n) is 4.14. The number of nitrogens with one attached hydrogen (secondary N) is 2. The van der Waals surface area contributed by atoms with E-state index in [1.807, 2.05) is 18.2 Å². The Kier molecular flexibility index (Phi) is 4.47. The Labute approximate surface area is 106 Å². The van der Waals surface area contributed by atoms with Gasteiger partial charge in [-0.15, -0.1) is 0 Å². The number of piperidine rings is 1. The van der Waals surface area contributed by atoms with Gasteiger partial charge in [0, 0.05) is 22.6 Å². The van der Waals surface area contributed by atoms with E-state index >= 15 is 0 Å². The SMILES string of the molecule is Clc1ccc(Cl)c(CNC2CCNCC2)c1. The molecule has 0 spiro atoms. The summed E-state index contributed by atoms with van der Waals surface area (Å²) in [4.78, 5) is 0. The van der Waals surface area contributed by atoms with E-state index < -0.39 is 0 Å². The van der Waals surface area contributed by atoms with Gasteiger partial charge >= 0.3 is 0 Å². The molecular formula is C12H16Cl2N2. The molecule has 0 radical (unpaired) electrons. The van der Waals surface area contributed by atoms with Crippen molar-refractivity contribution in [2.24, 2.45) is 0 Å². The molecular weight excluding hydrogens is 243 g/mol. The van der Waals surface area contributed by atoms with Crippen LogP contribution in [-0.2, 0) is 6.54 Å². The van der Waals surface area contributed by atoms with Crippen LogP contribution in [0.25, 0.3) is 0 Å². The van der Waals surface area contributed by atoms with Crippen molar-refractivity contribution in [1.29, 1.82) is 0 Å². The first-order valence-electron chi connectivity index (χ1n) is 5.64. The second-order valence-corrected chi connectivity index (χ2v) is 4.98. The summed E-state index contributed by atoms with van der Waals surface area (Å²) in [6, 6.07) is 6.19. The van der Waals surface area contributed by atoms with Gasteiger partial charge in [-0.1, -0.05) is 23.2 Å². The lowest BCUT2D eigenvalue weighted by Crippen LogP contribution is -2.39. The lowest BCUT2D eigenvalue weighted by atomic mass is 10.1. The summed E-state index contributed by atoms with van der Waals surface area (Å²) < 4.78 is 0. The predicted molar refractivity (Wildman–Crippen MR) is 69.2 cm³/mol. The second kappa shape index (κ2) is 5.87. The zero-order chi connectivity index (χ0) is 11.4. The molecule has 1 aliphatic rings. The molecule has 0 amide bonds. The first-order chi connectivity index (χ1) is 7.75. The van der Waals surface area contributed by atoms with Crippen molar-refractivity contribution in [1.82, 2.24) is 10.6 Å². The summed E-state index contributed by atoms with van der Waals surface area (Å²) in [5.41, 5.74) is 1.08. The molecule has 0 aromatic heterocycles. The number of hydrogen-bond acceptors (Lipinski definition) is 2. The molecule has 2 nitrogen and oxygen atoms in total. The van der Waals surface area contributed by atoms with Gasteiger partial charge in [-0.05, 0) is 49.7 Å². The lowest BCUT2D eigenvalue weighted by molar-refractivity contribution is 0.386.